The number of nitrogens with zero attached hydrogens (tertiary/aromatic N) is 1. The minimum absolute atomic E-state index is 0.0899. The molecular weight excluding hydrogens is 470 g/mol. The number of nitro benzene ring substituents is 1. The highest BCUT2D eigenvalue weighted by Crippen LogP contribution is 2.24. The van der Waals surface area contributed by atoms with Crippen molar-refractivity contribution in [3.8, 4) is 0 Å². The molecule has 0 radical (unpaired) electrons. The molecule has 0 bridgehead atoms. The molecule has 190 valence electrons. The second-order valence-corrected chi connectivity index (χ2v) is 11.1. The minimum atomic E-state index is -3.97. The molecular formula is C25H33N3O6S. The summed E-state index contributed by atoms with van der Waals surface area (Å²) in [5, 5.41) is 24.5. The molecule has 0 unspecified atom stereocenters. The topological polar surface area (TPSA) is 139 Å². The van der Waals surface area contributed by atoms with E-state index in [0.717, 1.165) is 55.5 Å². The first-order valence-corrected chi connectivity index (χ1v) is 13.4. The number of carbonyl (C=O) groups excluding carboxylic acids is 1. The van der Waals surface area contributed by atoms with E-state index in [1.807, 2.05) is 30.3 Å². The van der Waals surface area contributed by atoms with Crippen molar-refractivity contribution in [2.45, 2.75) is 62.5 Å². The Balaban J connectivity index is 1.62. The summed E-state index contributed by atoms with van der Waals surface area (Å²) in [5.41, 5.74) is 0.745. The summed E-state index contributed by atoms with van der Waals surface area (Å²) < 4.78 is 27.4. The molecule has 1 aliphatic rings. The summed E-state index contributed by atoms with van der Waals surface area (Å²) in [4.78, 5) is 23.2. The molecule has 0 saturated heterocycles. The van der Waals surface area contributed by atoms with Gasteiger partial charge in [-0.05, 0) is 62.1 Å². The molecule has 2 aromatic rings. The van der Waals surface area contributed by atoms with Crippen LogP contribution in [-0.4, -0.2) is 43.0 Å². The Morgan fingerprint density at radius 2 is 1.71 bits per heavy atom. The lowest BCUT2D eigenvalue weighted by molar-refractivity contribution is -0.384. The van der Waals surface area contributed by atoms with E-state index < -0.39 is 27.0 Å². The van der Waals surface area contributed by atoms with Gasteiger partial charge in [0.05, 0.1) is 15.9 Å². The van der Waals surface area contributed by atoms with Crippen LogP contribution in [0.3, 0.4) is 0 Å². The first-order valence-electron chi connectivity index (χ1n) is 11.9. The van der Waals surface area contributed by atoms with Crippen LogP contribution in [0.25, 0.3) is 0 Å². The van der Waals surface area contributed by atoms with Crippen LogP contribution < -0.4 is 10.0 Å². The lowest BCUT2D eigenvalue weighted by Crippen LogP contribution is -2.43. The van der Waals surface area contributed by atoms with Gasteiger partial charge in [-0.15, -0.1) is 0 Å². The number of hydrogen-bond donors (Lipinski definition) is 3. The van der Waals surface area contributed by atoms with E-state index in [-0.39, 0.29) is 35.5 Å². The van der Waals surface area contributed by atoms with E-state index in [1.165, 1.54) is 0 Å². The molecule has 9 nitrogen and oxygen atoms in total. The zero-order chi connectivity index (χ0) is 25.4. The highest BCUT2D eigenvalue weighted by Gasteiger charge is 2.27. The van der Waals surface area contributed by atoms with E-state index in [0.29, 0.717) is 12.3 Å². The van der Waals surface area contributed by atoms with Gasteiger partial charge < -0.3 is 10.4 Å². The molecule has 3 rings (SSSR count). The molecule has 2 aromatic carbocycles. The van der Waals surface area contributed by atoms with Crippen LogP contribution in [0.2, 0.25) is 0 Å². The van der Waals surface area contributed by atoms with Crippen molar-refractivity contribution >= 4 is 21.6 Å². The number of aliphatic hydroxyl groups excluding tert-OH is 1. The molecule has 35 heavy (non-hydrogen) atoms. The fourth-order valence-corrected chi connectivity index (χ4v) is 5.43. The Bertz CT molecular complexity index is 1080. The van der Waals surface area contributed by atoms with Crippen molar-refractivity contribution < 1.29 is 23.2 Å². The average molecular weight is 504 g/mol. The second-order valence-electron chi connectivity index (χ2n) is 9.34. The van der Waals surface area contributed by atoms with Crippen LogP contribution in [0.5, 0.6) is 0 Å². The molecule has 1 fully saturated rings. The average Bonchev–Trinajstić information content (AvgIpc) is 2.84. The molecule has 0 heterocycles. The molecule has 0 aromatic heterocycles. The van der Waals surface area contributed by atoms with Gasteiger partial charge in [0.1, 0.15) is 0 Å². The van der Waals surface area contributed by atoms with Crippen molar-refractivity contribution in [2.75, 3.05) is 6.54 Å². The van der Waals surface area contributed by atoms with E-state index in [1.54, 1.807) is 0 Å². The molecule has 2 atom stereocenters. The van der Waals surface area contributed by atoms with Crippen LogP contribution in [0.15, 0.2) is 59.5 Å². The van der Waals surface area contributed by atoms with Gasteiger partial charge in [-0.2, -0.15) is 0 Å². The summed E-state index contributed by atoms with van der Waals surface area (Å²) in [7, 11) is -3.97. The molecule has 3 N–H and O–H groups in total. The zero-order valence-electron chi connectivity index (χ0n) is 19.8. The normalized spacial score (nSPS) is 20.1. The fraction of sp³-hybridized carbons (Fsp3) is 0.480. The van der Waals surface area contributed by atoms with Crippen LogP contribution in [0.1, 0.15) is 44.6 Å². The molecule has 1 saturated carbocycles. The van der Waals surface area contributed by atoms with E-state index in [9.17, 15) is 28.4 Å². The third-order valence-corrected chi connectivity index (χ3v) is 7.92. The molecule has 0 aliphatic heterocycles. The summed E-state index contributed by atoms with van der Waals surface area (Å²) in [5.74, 6) is 0.00942. The summed E-state index contributed by atoms with van der Waals surface area (Å²) in [6.45, 7) is 1.93. The maximum absolute atomic E-state index is 13.1. The Hall–Kier alpha value is -2.82. The number of hydrogen-bond acceptors (Lipinski definition) is 6. The maximum atomic E-state index is 13.1. The van der Waals surface area contributed by atoms with Gasteiger partial charge >= 0.3 is 0 Å². The van der Waals surface area contributed by atoms with Gasteiger partial charge in [-0.1, -0.05) is 37.3 Å². The number of nitrogens with one attached hydrogen (secondary N) is 2. The zero-order valence-corrected chi connectivity index (χ0v) is 20.6. The van der Waals surface area contributed by atoms with Crippen LogP contribution >= 0.6 is 0 Å². The van der Waals surface area contributed by atoms with Crippen molar-refractivity contribution in [1.29, 1.82) is 0 Å². The summed E-state index contributed by atoms with van der Waals surface area (Å²) >= 11 is 0. The predicted octanol–water partition coefficient (Wildman–Crippen LogP) is 3.18. The van der Waals surface area contributed by atoms with Gasteiger partial charge in [0, 0.05) is 30.6 Å². The van der Waals surface area contributed by atoms with Crippen LogP contribution in [0.4, 0.5) is 5.69 Å². The number of sulfonamides is 1. The van der Waals surface area contributed by atoms with E-state index in [4.69, 9.17) is 0 Å². The lowest BCUT2D eigenvalue weighted by atomic mass is 9.86. The van der Waals surface area contributed by atoms with Gasteiger partial charge in [0.15, 0.2) is 0 Å². The quantitative estimate of drug-likeness (QED) is 0.318. The number of aliphatic hydroxyl groups is 1. The first-order chi connectivity index (χ1) is 16.6. The maximum Gasteiger partial charge on any atom is 0.269 e. The van der Waals surface area contributed by atoms with Crippen molar-refractivity contribution in [1.82, 2.24) is 10.0 Å². The van der Waals surface area contributed by atoms with Crippen molar-refractivity contribution in [3.05, 3.63) is 70.3 Å². The third kappa shape index (κ3) is 8.12. The number of nitro groups is 1. The molecule has 1 aliphatic carbocycles. The Morgan fingerprint density at radius 3 is 2.31 bits per heavy atom. The number of rotatable bonds is 11. The minimum Gasteiger partial charge on any atom is -0.392 e. The Kier molecular flexibility index (Phi) is 9.36. The van der Waals surface area contributed by atoms with E-state index >= 15 is 0 Å². The lowest BCUT2D eigenvalue weighted by Gasteiger charge is -2.29. The fourth-order valence-electron chi connectivity index (χ4n) is 4.35. The number of amides is 1. The first kappa shape index (κ1) is 26.8. The monoisotopic (exact) mass is 503 g/mol. The van der Waals surface area contributed by atoms with Crippen LogP contribution in [-0.2, 0) is 21.2 Å². The Labute approximate surface area is 206 Å². The standard InChI is InChI=1S/C25H33N3O6S/c1-18-7-9-21(10-8-18)27-25(30)20(15-19-5-3-2-4-6-19)16-23(29)17-26-35(33,34)24-13-11-22(12-14-24)28(31)32/h2-6,11-14,18,20-21,23,26,29H,7-10,15-17H2,1H3,(H,27,30)/t18?,20-,21?,23+/m1/s1. The largest absolute Gasteiger partial charge is 0.392 e. The van der Waals surface area contributed by atoms with Gasteiger partial charge in [-0.3, -0.25) is 14.9 Å². The predicted molar refractivity (Wildman–Crippen MR) is 132 cm³/mol. The van der Waals surface area contributed by atoms with Gasteiger partial charge in [-0.25, -0.2) is 13.1 Å². The highest BCUT2D eigenvalue weighted by atomic mass is 32.2. The molecule has 0 spiro atoms. The molecule has 1 amide bonds. The summed E-state index contributed by atoms with van der Waals surface area (Å²) in [6.07, 6.45) is 3.44. The Morgan fingerprint density at radius 1 is 1.09 bits per heavy atom. The highest BCUT2D eigenvalue weighted by molar-refractivity contribution is 7.89. The molecule has 10 heteroatoms. The second kappa shape index (κ2) is 12.2. The van der Waals surface area contributed by atoms with Gasteiger partial charge in [0.25, 0.3) is 5.69 Å². The number of benzene rings is 2. The number of carbonyl (C=O) groups is 1. The van der Waals surface area contributed by atoms with Crippen molar-refractivity contribution in [3.63, 3.8) is 0 Å². The third-order valence-electron chi connectivity index (χ3n) is 6.48. The smallest absolute Gasteiger partial charge is 0.269 e. The van der Waals surface area contributed by atoms with Gasteiger partial charge in [0.2, 0.25) is 15.9 Å². The summed E-state index contributed by atoms with van der Waals surface area (Å²) in [6, 6.07) is 14.1. The van der Waals surface area contributed by atoms with E-state index in [2.05, 4.69) is 17.0 Å². The van der Waals surface area contributed by atoms with Crippen LogP contribution in [0, 0.1) is 22.0 Å². The number of non-ortho nitro benzene ring substituents is 1. The van der Waals surface area contributed by atoms with Crippen molar-refractivity contribution in [2.24, 2.45) is 11.8 Å². The SMILES string of the molecule is CC1CCC(NC(=O)[C@H](Cc2ccccc2)C[C@H](O)CNS(=O)(=O)c2ccc([N+](=O)[O-])cc2)CC1.